The van der Waals surface area contributed by atoms with Crippen molar-refractivity contribution in [1.82, 2.24) is 15.1 Å². The van der Waals surface area contributed by atoms with Crippen LogP contribution in [-0.2, 0) is 6.54 Å². The van der Waals surface area contributed by atoms with E-state index in [2.05, 4.69) is 10.4 Å². The van der Waals surface area contributed by atoms with Crippen molar-refractivity contribution in [2.75, 3.05) is 13.2 Å². The standard InChI is InChI=1S/C23H23N3O3/c27-23(18-4-2-16(3-5-18)15-26-11-1-10-24-26)25-22(17-6-7-17)19-8-9-20-21(14-19)29-13-12-28-20/h1-5,8-11,14,17,22H,6-7,12-13,15H2,(H,25,27). The van der Waals surface area contributed by atoms with Crippen LogP contribution in [0.1, 0.15) is 40.4 Å². The second-order valence-electron chi connectivity index (χ2n) is 7.59. The molecular formula is C23H23N3O3. The summed E-state index contributed by atoms with van der Waals surface area (Å²) in [6, 6.07) is 15.6. The summed E-state index contributed by atoms with van der Waals surface area (Å²) in [5.41, 5.74) is 2.84. The largest absolute Gasteiger partial charge is 0.486 e. The molecule has 0 spiro atoms. The molecule has 0 radical (unpaired) electrons. The molecule has 2 aliphatic rings. The number of carbonyl (C=O) groups is 1. The van der Waals surface area contributed by atoms with E-state index in [0.717, 1.165) is 35.5 Å². The third-order valence-corrected chi connectivity index (χ3v) is 5.43. The fourth-order valence-corrected chi connectivity index (χ4v) is 3.72. The lowest BCUT2D eigenvalue weighted by atomic mass is 10.0. The first-order chi connectivity index (χ1) is 14.3. The maximum absolute atomic E-state index is 12.9. The molecule has 6 nitrogen and oxygen atoms in total. The van der Waals surface area contributed by atoms with Crippen LogP contribution >= 0.6 is 0 Å². The predicted molar refractivity (Wildman–Crippen MR) is 108 cm³/mol. The maximum Gasteiger partial charge on any atom is 0.251 e. The molecule has 1 aliphatic carbocycles. The van der Waals surface area contributed by atoms with E-state index in [1.165, 1.54) is 0 Å². The van der Waals surface area contributed by atoms with E-state index in [-0.39, 0.29) is 11.9 Å². The van der Waals surface area contributed by atoms with Gasteiger partial charge in [-0.25, -0.2) is 0 Å². The molecule has 1 amide bonds. The molecule has 148 valence electrons. The number of hydrogen-bond acceptors (Lipinski definition) is 4. The van der Waals surface area contributed by atoms with Gasteiger partial charge in [0.1, 0.15) is 13.2 Å². The van der Waals surface area contributed by atoms with Crippen LogP contribution < -0.4 is 14.8 Å². The number of nitrogens with one attached hydrogen (secondary N) is 1. The Morgan fingerprint density at radius 2 is 1.90 bits per heavy atom. The highest BCUT2D eigenvalue weighted by Gasteiger charge is 2.34. The molecule has 5 rings (SSSR count). The van der Waals surface area contributed by atoms with E-state index < -0.39 is 0 Å². The molecule has 29 heavy (non-hydrogen) atoms. The third-order valence-electron chi connectivity index (χ3n) is 5.43. The molecule has 1 fully saturated rings. The Morgan fingerprint density at radius 3 is 2.62 bits per heavy atom. The van der Waals surface area contributed by atoms with Crippen molar-refractivity contribution in [1.29, 1.82) is 0 Å². The molecule has 1 N–H and O–H groups in total. The Labute approximate surface area is 169 Å². The number of amides is 1. The SMILES string of the molecule is O=C(NC(c1ccc2c(c1)OCCO2)C1CC1)c1ccc(Cn2cccn2)cc1. The predicted octanol–water partition coefficient (Wildman–Crippen LogP) is 3.58. The maximum atomic E-state index is 12.9. The minimum absolute atomic E-state index is 0.0120. The van der Waals surface area contributed by atoms with Crippen molar-refractivity contribution in [2.24, 2.45) is 5.92 Å². The Morgan fingerprint density at radius 1 is 1.10 bits per heavy atom. The Kier molecular flexibility index (Phi) is 4.68. The molecular weight excluding hydrogens is 366 g/mol. The smallest absolute Gasteiger partial charge is 0.251 e. The lowest BCUT2D eigenvalue weighted by molar-refractivity contribution is 0.0931. The summed E-state index contributed by atoms with van der Waals surface area (Å²) in [7, 11) is 0. The highest BCUT2D eigenvalue weighted by Crippen LogP contribution is 2.43. The van der Waals surface area contributed by atoms with Gasteiger partial charge in [0, 0.05) is 18.0 Å². The van der Waals surface area contributed by atoms with Crippen molar-refractivity contribution in [2.45, 2.75) is 25.4 Å². The van der Waals surface area contributed by atoms with Crippen LogP contribution in [0.5, 0.6) is 11.5 Å². The Hall–Kier alpha value is -3.28. The number of carbonyl (C=O) groups excluding carboxylic acids is 1. The molecule has 6 heteroatoms. The van der Waals surface area contributed by atoms with Gasteiger partial charge in [0.25, 0.3) is 5.91 Å². The summed E-state index contributed by atoms with van der Waals surface area (Å²) in [6.07, 6.45) is 5.94. The second kappa shape index (κ2) is 7.62. The molecule has 0 bridgehead atoms. The van der Waals surface area contributed by atoms with Crippen molar-refractivity contribution in [3.05, 3.63) is 77.6 Å². The van der Waals surface area contributed by atoms with Crippen molar-refractivity contribution in [3.63, 3.8) is 0 Å². The van der Waals surface area contributed by atoms with Crippen LogP contribution in [0.15, 0.2) is 60.9 Å². The summed E-state index contributed by atoms with van der Waals surface area (Å²) in [6.45, 7) is 1.82. The lowest BCUT2D eigenvalue weighted by Gasteiger charge is -2.23. The van der Waals surface area contributed by atoms with Crippen LogP contribution in [0.4, 0.5) is 0 Å². The van der Waals surface area contributed by atoms with Crippen molar-refractivity contribution < 1.29 is 14.3 Å². The first-order valence-electron chi connectivity index (χ1n) is 10.0. The molecule has 0 saturated heterocycles. The number of aromatic nitrogens is 2. The monoisotopic (exact) mass is 389 g/mol. The van der Waals surface area contributed by atoms with Gasteiger partial charge < -0.3 is 14.8 Å². The van der Waals surface area contributed by atoms with Gasteiger partial charge in [0.2, 0.25) is 0 Å². The zero-order valence-electron chi connectivity index (χ0n) is 16.1. The number of hydrogen-bond donors (Lipinski definition) is 1. The fourth-order valence-electron chi connectivity index (χ4n) is 3.72. The second-order valence-corrected chi connectivity index (χ2v) is 7.59. The zero-order valence-corrected chi connectivity index (χ0v) is 16.1. The van der Waals surface area contributed by atoms with E-state index in [4.69, 9.17) is 9.47 Å². The average Bonchev–Trinajstić information content (AvgIpc) is 3.48. The van der Waals surface area contributed by atoms with E-state index in [1.54, 1.807) is 6.20 Å². The summed E-state index contributed by atoms with van der Waals surface area (Å²) < 4.78 is 13.2. The lowest BCUT2D eigenvalue weighted by Crippen LogP contribution is -2.30. The van der Waals surface area contributed by atoms with Gasteiger partial charge in [0.05, 0.1) is 12.6 Å². The van der Waals surface area contributed by atoms with E-state index in [1.807, 2.05) is 59.4 Å². The number of fused-ring (bicyclic) bond motifs is 1. The highest BCUT2D eigenvalue weighted by atomic mass is 16.6. The average molecular weight is 389 g/mol. The minimum Gasteiger partial charge on any atom is -0.486 e. The first-order valence-corrected chi connectivity index (χ1v) is 10.0. The zero-order chi connectivity index (χ0) is 19.6. The Bertz CT molecular complexity index is 995. The molecule has 1 atom stereocenters. The van der Waals surface area contributed by atoms with E-state index in [0.29, 0.717) is 31.2 Å². The molecule has 2 aromatic carbocycles. The molecule has 1 aromatic heterocycles. The number of rotatable bonds is 6. The number of benzene rings is 2. The number of nitrogens with zero attached hydrogens (tertiary/aromatic N) is 2. The summed E-state index contributed by atoms with van der Waals surface area (Å²) in [4.78, 5) is 12.9. The normalized spacial score (nSPS) is 16.3. The van der Waals surface area contributed by atoms with Gasteiger partial charge in [-0.1, -0.05) is 18.2 Å². The summed E-state index contributed by atoms with van der Waals surface area (Å²) >= 11 is 0. The topological polar surface area (TPSA) is 65.4 Å². The van der Waals surface area contributed by atoms with E-state index >= 15 is 0 Å². The molecule has 2 heterocycles. The minimum atomic E-state index is -0.0533. The summed E-state index contributed by atoms with van der Waals surface area (Å²) in [5, 5.41) is 7.45. The van der Waals surface area contributed by atoms with Gasteiger partial charge in [-0.15, -0.1) is 0 Å². The van der Waals surface area contributed by atoms with Gasteiger partial charge >= 0.3 is 0 Å². The molecule has 1 aliphatic heterocycles. The first kappa shape index (κ1) is 17.8. The van der Waals surface area contributed by atoms with Crippen LogP contribution in [0.3, 0.4) is 0 Å². The van der Waals surface area contributed by atoms with Crippen molar-refractivity contribution in [3.8, 4) is 11.5 Å². The van der Waals surface area contributed by atoms with Gasteiger partial charge in [-0.05, 0) is 60.2 Å². The van der Waals surface area contributed by atoms with Crippen LogP contribution in [0.2, 0.25) is 0 Å². The van der Waals surface area contributed by atoms with Gasteiger partial charge in [-0.3, -0.25) is 9.48 Å². The highest BCUT2D eigenvalue weighted by molar-refractivity contribution is 5.94. The molecule has 1 unspecified atom stereocenters. The number of ether oxygens (including phenoxy) is 2. The molecule has 3 aromatic rings. The summed E-state index contributed by atoms with van der Waals surface area (Å²) in [5.74, 6) is 1.95. The van der Waals surface area contributed by atoms with Gasteiger partial charge in [-0.2, -0.15) is 5.10 Å². The van der Waals surface area contributed by atoms with Crippen molar-refractivity contribution >= 4 is 5.91 Å². The Balaban J connectivity index is 1.30. The van der Waals surface area contributed by atoms with Crippen LogP contribution in [0, 0.1) is 5.92 Å². The van der Waals surface area contributed by atoms with Gasteiger partial charge in [0.15, 0.2) is 11.5 Å². The van der Waals surface area contributed by atoms with E-state index in [9.17, 15) is 4.79 Å². The fraction of sp³-hybridized carbons (Fsp3) is 0.304. The third kappa shape index (κ3) is 3.97. The quantitative estimate of drug-likeness (QED) is 0.700. The van der Waals surface area contributed by atoms with Crippen LogP contribution in [0.25, 0.3) is 0 Å². The molecule has 1 saturated carbocycles. The van der Waals surface area contributed by atoms with Crippen LogP contribution in [-0.4, -0.2) is 28.9 Å².